The lowest BCUT2D eigenvalue weighted by Crippen LogP contribution is -2.22. The molecule has 4 heteroatoms. The third-order valence-electron chi connectivity index (χ3n) is 3.51. The summed E-state index contributed by atoms with van der Waals surface area (Å²) in [5.74, 6) is 0.892. The topological polar surface area (TPSA) is 21.3 Å². The van der Waals surface area contributed by atoms with Crippen LogP contribution in [0.1, 0.15) is 30.7 Å². The minimum absolute atomic E-state index is 0.355. The fourth-order valence-corrected chi connectivity index (χ4v) is 4.27. The molecule has 0 bridgehead atoms. The number of hydrogen-bond acceptors (Lipinski definition) is 4. The second-order valence-corrected chi connectivity index (χ2v) is 6.98. The first-order valence-corrected chi connectivity index (χ1v) is 9.42. The van der Waals surface area contributed by atoms with Gasteiger partial charge < -0.3 is 10.1 Å². The summed E-state index contributed by atoms with van der Waals surface area (Å²) in [6.07, 6.45) is 4.63. The average Bonchev–Trinajstić information content (AvgIpc) is 3.05. The number of rotatable bonds is 8. The number of ether oxygens (including phenoxy) is 1. The van der Waals surface area contributed by atoms with Crippen LogP contribution in [-0.2, 0) is 0 Å². The highest BCUT2D eigenvalue weighted by Crippen LogP contribution is 2.34. The summed E-state index contributed by atoms with van der Waals surface area (Å²) in [5, 5.41) is 6.44. The summed E-state index contributed by atoms with van der Waals surface area (Å²) < 4.78 is 5.22. The summed E-state index contributed by atoms with van der Waals surface area (Å²) in [4.78, 5) is 1.40. The van der Waals surface area contributed by atoms with Crippen molar-refractivity contribution in [1.82, 2.24) is 0 Å². The van der Waals surface area contributed by atoms with E-state index in [4.69, 9.17) is 4.74 Å². The van der Waals surface area contributed by atoms with E-state index in [2.05, 4.69) is 48.1 Å². The number of anilines is 1. The van der Waals surface area contributed by atoms with Gasteiger partial charge in [-0.05, 0) is 48.4 Å². The van der Waals surface area contributed by atoms with Crippen LogP contribution in [0.2, 0.25) is 0 Å². The van der Waals surface area contributed by atoms with Gasteiger partial charge in [-0.25, -0.2) is 0 Å². The fraction of sp³-hybridized carbons (Fsp3) is 0.412. The summed E-state index contributed by atoms with van der Waals surface area (Å²) in [7, 11) is 1.70. The maximum Gasteiger partial charge on any atom is 0.119 e. The second kappa shape index (κ2) is 8.35. The molecule has 21 heavy (non-hydrogen) atoms. The third kappa shape index (κ3) is 4.42. The molecule has 0 aliphatic rings. The smallest absolute Gasteiger partial charge is 0.119 e. The van der Waals surface area contributed by atoms with Gasteiger partial charge in [-0.3, -0.25) is 0 Å². The molecular formula is C17H23NOS2. The molecule has 0 saturated carbocycles. The fourth-order valence-electron chi connectivity index (χ4n) is 2.39. The molecule has 0 radical (unpaired) electrons. The average molecular weight is 322 g/mol. The Morgan fingerprint density at radius 1 is 1.24 bits per heavy atom. The highest BCUT2D eigenvalue weighted by atomic mass is 32.2. The quantitative estimate of drug-likeness (QED) is 0.699. The molecule has 1 aromatic heterocycles. The normalized spacial score (nSPS) is 13.7. The molecule has 2 aromatic rings. The molecule has 0 saturated heterocycles. The second-order valence-electron chi connectivity index (χ2n) is 4.93. The van der Waals surface area contributed by atoms with Crippen molar-refractivity contribution in [2.75, 3.05) is 18.7 Å². The van der Waals surface area contributed by atoms with E-state index in [0.29, 0.717) is 11.3 Å². The van der Waals surface area contributed by atoms with Crippen LogP contribution in [0, 0.1) is 0 Å². The van der Waals surface area contributed by atoms with Gasteiger partial charge in [-0.1, -0.05) is 19.4 Å². The first-order valence-electron chi connectivity index (χ1n) is 7.25. The van der Waals surface area contributed by atoms with E-state index in [-0.39, 0.29) is 0 Å². The molecule has 0 aliphatic heterocycles. The predicted octanol–water partition coefficient (Wildman–Crippen LogP) is 5.44. The highest BCUT2D eigenvalue weighted by molar-refractivity contribution is 7.99. The Hall–Kier alpha value is -1.13. The van der Waals surface area contributed by atoms with Crippen LogP contribution in [0.3, 0.4) is 0 Å². The maximum absolute atomic E-state index is 5.22. The van der Waals surface area contributed by atoms with Crippen molar-refractivity contribution in [3.8, 4) is 5.75 Å². The summed E-state index contributed by atoms with van der Waals surface area (Å²) in [5.41, 5.74) is 1.14. The lowest BCUT2D eigenvalue weighted by molar-refractivity contribution is 0.415. The Kier molecular flexibility index (Phi) is 6.46. The lowest BCUT2D eigenvalue weighted by atomic mass is 10.1. The number of methoxy groups -OCH3 is 1. The standard InChI is InChI=1S/C17H23NOS2/c1-4-6-15(20-3)17(16-7-5-12-21-16)18-13-8-10-14(19-2)11-9-13/h5,7-12,15,17-18H,4,6H2,1-3H3. The molecule has 0 spiro atoms. The van der Waals surface area contributed by atoms with Gasteiger partial charge in [-0.2, -0.15) is 11.8 Å². The van der Waals surface area contributed by atoms with E-state index < -0.39 is 0 Å². The van der Waals surface area contributed by atoms with E-state index in [1.807, 2.05) is 35.2 Å². The lowest BCUT2D eigenvalue weighted by Gasteiger charge is -2.27. The van der Waals surface area contributed by atoms with Gasteiger partial charge >= 0.3 is 0 Å². The number of nitrogens with one attached hydrogen (secondary N) is 1. The van der Waals surface area contributed by atoms with Crippen LogP contribution in [0.15, 0.2) is 41.8 Å². The molecule has 0 amide bonds. The SMILES string of the molecule is CCCC(SC)C(Nc1ccc(OC)cc1)c1cccs1. The molecule has 2 atom stereocenters. The molecule has 114 valence electrons. The number of thiophene rings is 1. The van der Waals surface area contributed by atoms with Crippen molar-refractivity contribution >= 4 is 28.8 Å². The Bertz CT molecular complexity index is 510. The minimum Gasteiger partial charge on any atom is -0.497 e. The molecule has 1 aromatic carbocycles. The van der Waals surface area contributed by atoms with Crippen molar-refractivity contribution in [1.29, 1.82) is 0 Å². The van der Waals surface area contributed by atoms with Gasteiger partial charge in [0.2, 0.25) is 0 Å². The van der Waals surface area contributed by atoms with Gasteiger partial charge in [0.1, 0.15) is 5.75 Å². The van der Waals surface area contributed by atoms with Gasteiger partial charge in [-0.15, -0.1) is 11.3 Å². The van der Waals surface area contributed by atoms with E-state index in [0.717, 1.165) is 11.4 Å². The Morgan fingerprint density at radius 2 is 2.00 bits per heavy atom. The predicted molar refractivity (Wildman–Crippen MR) is 95.9 cm³/mol. The molecule has 2 unspecified atom stereocenters. The van der Waals surface area contributed by atoms with Crippen LogP contribution in [-0.4, -0.2) is 18.6 Å². The Morgan fingerprint density at radius 3 is 2.52 bits per heavy atom. The molecule has 2 rings (SSSR count). The van der Waals surface area contributed by atoms with Crippen LogP contribution in [0.25, 0.3) is 0 Å². The van der Waals surface area contributed by atoms with Crippen molar-refractivity contribution in [2.24, 2.45) is 0 Å². The number of hydrogen-bond donors (Lipinski definition) is 1. The molecule has 2 nitrogen and oxygen atoms in total. The first kappa shape index (κ1) is 16.2. The van der Waals surface area contributed by atoms with Crippen LogP contribution in [0.4, 0.5) is 5.69 Å². The monoisotopic (exact) mass is 321 g/mol. The highest BCUT2D eigenvalue weighted by Gasteiger charge is 2.22. The van der Waals surface area contributed by atoms with Gasteiger partial charge in [0.15, 0.2) is 0 Å². The number of thioether (sulfide) groups is 1. The van der Waals surface area contributed by atoms with E-state index in [1.165, 1.54) is 17.7 Å². The molecule has 0 aliphatic carbocycles. The van der Waals surface area contributed by atoms with E-state index in [9.17, 15) is 0 Å². The zero-order valence-electron chi connectivity index (χ0n) is 12.8. The largest absolute Gasteiger partial charge is 0.497 e. The van der Waals surface area contributed by atoms with Crippen molar-refractivity contribution in [3.63, 3.8) is 0 Å². The molecule has 1 N–H and O–H groups in total. The van der Waals surface area contributed by atoms with Crippen LogP contribution < -0.4 is 10.1 Å². The summed E-state index contributed by atoms with van der Waals surface area (Å²) in [6.45, 7) is 2.25. The van der Waals surface area contributed by atoms with Crippen molar-refractivity contribution in [3.05, 3.63) is 46.7 Å². The van der Waals surface area contributed by atoms with Crippen molar-refractivity contribution in [2.45, 2.75) is 31.1 Å². The molecule has 1 heterocycles. The zero-order chi connectivity index (χ0) is 15.1. The molecular weight excluding hydrogens is 298 g/mol. The zero-order valence-corrected chi connectivity index (χ0v) is 14.5. The Balaban J connectivity index is 2.18. The maximum atomic E-state index is 5.22. The first-order chi connectivity index (χ1) is 10.3. The number of benzene rings is 1. The Labute approximate surface area is 135 Å². The molecule has 0 fully saturated rings. The van der Waals surface area contributed by atoms with Crippen molar-refractivity contribution < 1.29 is 4.74 Å². The van der Waals surface area contributed by atoms with E-state index in [1.54, 1.807) is 7.11 Å². The van der Waals surface area contributed by atoms with Crippen LogP contribution >= 0.6 is 23.1 Å². The summed E-state index contributed by atoms with van der Waals surface area (Å²) >= 11 is 3.77. The van der Waals surface area contributed by atoms with Gasteiger partial charge in [0.05, 0.1) is 13.2 Å². The van der Waals surface area contributed by atoms with Gasteiger partial charge in [0.25, 0.3) is 0 Å². The third-order valence-corrected chi connectivity index (χ3v) is 5.58. The summed E-state index contributed by atoms with van der Waals surface area (Å²) in [6, 6.07) is 12.9. The van der Waals surface area contributed by atoms with Crippen LogP contribution in [0.5, 0.6) is 5.75 Å². The minimum atomic E-state index is 0.355. The van der Waals surface area contributed by atoms with E-state index >= 15 is 0 Å². The van der Waals surface area contributed by atoms with Gasteiger partial charge in [0, 0.05) is 15.8 Å².